The number of ether oxygens (including phenoxy) is 1. The Morgan fingerprint density at radius 1 is 1.47 bits per heavy atom. The fourth-order valence-corrected chi connectivity index (χ4v) is 3.11. The van der Waals surface area contributed by atoms with E-state index < -0.39 is 11.4 Å². The van der Waals surface area contributed by atoms with E-state index in [1.807, 2.05) is 6.92 Å². The summed E-state index contributed by atoms with van der Waals surface area (Å²) in [6.07, 6.45) is 5.40. The van der Waals surface area contributed by atoms with Gasteiger partial charge >= 0.3 is 5.97 Å². The first-order valence-electron chi connectivity index (χ1n) is 5.79. The summed E-state index contributed by atoms with van der Waals surface area (Å²) in [4.78, 5) is 19.5. The average molecular weight is 234 g/mol. The number of aromatic nitrogens is 2. The standard InChI is InChI=1S/C12H14N2O3/c1-2-17-9-4-13-3-8(14-9)11-5-12(6-11,7-11)10(15)16/h3-4H,2,5-7H2,1H3,(H,15,16). The lowest BCUT2D eigenvalue weighted by Gasteiger charge is -2.67. The number of rotatable bonds is 4. The highest BCUT2D eigenvalue weighted by Crippen LogP contribution is 2.73. The molecule has 0 atom stereocenters. The van der Waals surface area contributed by atoms with Crippen LogP contribution in [0.15, 0.2) is 12.4 Å². The Morgan fingerprint density at radius 2 is 2.18 bits per heavy atom. The molecule has 0 spiro atoms. The van der Waals surface area contributed by atoms with Crippen LogP contribution in [0.4, 0.5) is 0 Å². The van der Waals surface area contributed by atoms with Crippen LogP contribution in [0.25, 0.3) is 0 Å². The lowest BCUT2D eigenvalue weighted by molar-refractivity contribution is -0.195. The van der Waals surface area contributed by atoms with Gasteiger partial charge in [0.2, 0.25) is 5.88 Å². The number of aliphatic carboxylic acids is 1. The molecule has 3 saturated carbocycles. The van der Waals surface area contributed by atoms with Crippen molar-refractivity contribution in [2.45, 2.75) is 31.6 Å². The van der Waals surface area contributed by atoms with Gasteiger partial charge in [-0.15, -0.1) is 0 Å². The lowest BCUT2D eigenvalue weighted by atomic mass is 9.34. The molecular weight excluding hydrogens is 220 g/mol. The summed E-state index contributed by atoms with van der Waals surface area (Å²) in [5, 5.41) is 9.07. The summed E-state index contributed by atoms with van der Waals surface area (Å²) < 4.78 is 5.31. The Labute approximate surface area is 98.8 Å². The molecule has 0 unspecified atom stereocenters. The second-order valence-electron chi connectivity index (χ2n) is 5.07. The van der Waals surface area contributed by atoms with E-state index in [1.165, 1.54) is 0 Å². The second kappa shape index (κ2) is 3.18. The molecule has 3 fully saturated rings. The Balaban J connectivity index is 1.80. The highest BCUT2D eigenvalue weighted by molar-refractivity contribution is 5.80. The Kier molecular flexibility index (Phi) is 1.97. The molecule has 0 radical (unpaired) electrons. The van der Waals surface area contributed by atoms with Crippen molar-refractivity contribution in [3.63, 3.8) is 0 Å². The summed E-state index contributed by atoms with van der Waals surface area (Å²) in [6, 6.07) is 0. The minimum absolute atomic E-state index is 0.0432. The quantitative estimate of drug-likeness (QED) is 0.852. The predicted molar refractivity (Wildman–Crippen MR) is 58.8 cm³/mol. The summed E-state index contributed by atoms with van der Waals surface area (Å²) in [6.45, 7) is 2.46. The van der Waals surface area contributed by atoms with Gasteiger partial charge in [-0.3, -0.25) is 9.78 Å². The minimum Gasteiger partial charge on any atom is -0.481 e. The van der Waals surface area contributed by atoms with Gasteiger partial charge in [-0.2, -0.15) is 0 Å². The van der Waals surface area contributed by atoms with Crippen molar-refractivity contribution in [2.24, 2.45) is 5.41 Å². The third kappa shape index (κ3) is 1.28. The molecule has 1 N–H and O–H groups in total. The lowest BCUT2D eigenvalue weighted by Crippen LogP contribution is -2.68. The molecule has 0 aromatic carbocycles. The van der Waals surface area contributed by atoms with Crippen molar-refractivity contribution >= 4 is 5.97 Å². The van der Waals surface area contributed by atoms with Crippen molar-refractivity contribution in [3.8, 4) is 5.88 Å². The SMILES string of the molecule is CCOc1cncc(C23CC(C(=O)O)(C2)C3)n1. The van der Waals surface area contributed by atoms with Crippen LogP contribution in [0.5, 0.6) is 5.88 Å². The number of carbonyl (C=O) groups is 1. The van der Waals surface area contributed by atoms with Crippen LogP contribution in [0.3, 0.4) is 0 Å². The van der Waals surface area contributed by atoms with Crippen molar-refractivity contribution in [1.29, 1.82) is 0 Å². The van der Waals surface area contributed by atoms with Gasteiger partial charge in [0.25, 0.3) is 0 Å². The first kappa shape index (κ1) is 10.5. The smallest absolute Gasteiger partial charge is 0.309 e. The van der Waals surface area contributed by atoms with Crippen LogP contribution >= 0.6 is 0 Å². The second-order valence-corrected chi connectivity index (χ2v) is 5.07. The van der Waals surface area contributed by atoms with Gasteiger partial charge < -0.3 is 9.84 Å². The minimum atomic E-state index is -0.673. The van der Waals surface area contributed by atoms with Gasteiger partial charge in [0, 0.05) is 11.6 Å². The number of hydrogen-bond acceptors (Lipinski definition) is 4. The topological polar surface area (TPSA) is 72.3 Å². The van der Waals surface area contributed by atoms with Crippen LogP contribution in [-0.4, -0.2) is 27.7 Å². The molecule has 1 aromatic rings. The van der Waals surface area contributed by atoms with E-state index in [9.17, 15) is 4.79 Å². The van der Waals surface area contributed by atoms with Crippen molar-refractivity contribution in [2.75, 3.05) is 6.61 Å². The molecule has 3 aliphatic rings. The van der Waals surface area contributed by atoms with Crippen molar-refractivity contribution < 1.29 is 14.6 Å². The van der Waals surface area contributed by atoms with Crippen LogP contribution in [-0.2, 0) is 10.2 Å². The molecule has 1 aromatic heterocycles. The summed E-state index contributed by atoms with van der Waals surface area (Å²) >= 11 is 0. The molecule has 17 heavy (non-hydrogen) atoms. The van der Waals surface area contributed by atoms with Gasteiger partial charge in [-0.05, 0) is 26.2 Å². The predicted octanol–water partition coefficient (Wildman–Crippen LogP) is 1.38. The van der Waals surface area contributed by atoms with Gasteiger partial charge in [-0.25, -0.2) is 4.98 Å². The van der Waals surface area contributed by atoms with Crippen molar-refractivity contribution in [1.82, 2.24) is 9.97 Å². The zero-order valence-electron chi connectivity index (χ0n) is 9.64. The number of carboxylic acids is 1. The van der Waals surface area contributed by atoms with Gasteiger partial charge in [0.15, 0.2) is 0 Å². The van der Waals surface area contributed by atoms with Gasteiger partial charge in [0.05, 0.1) is 23.9 Å². The van der Waals surface area contributed by atoms with Gasteiger partial charge in [-0.1, -0.05) is 0 Å². The fraction of sp³-hybridized carbons (Fsp3) is 0.583. The number of nitrogens with zero attached hydrogens (tertiary/aromatic N) is 2. The summed E-state index contributed by atoms with van der Waals surface area (Å²) in [5.41, 5.74) is 0.369. The molecule has 0 saturated heterocycles. The number of hydrogen-bond donors (Lipinski definition) is 1. The van der Waals surface area contributed by atoms with E-state index in [4.69, 9.17) is 9.84 Å². The van der Waals surface area contributed by atoms with Crippen LogP contribution < -0.4 is 4.74 Å². The highest BCUT2D eigenvalue weighted by Gasteiger charge is 2.73. The molecule has 5 nitrogen and oxygen atoms in total. The molecule has 2 bridgehead atoms. The Hall–Kier alpha value is -1.65. The maximum absolute atomic E-state index is 11.0. The average Bonchev–Trinajstić information content (AvgIpc) is 2.13. The molecule has 1 heterocycles. The van der Waals surface area contributed by atoms with Crippen LogP contribution in [0.1, 0.15) is 31.9 Å². The van der Waals surface area contributed by atoms with Crippen molar-refractivity contribution in [3.05, 3.63) is 18.1 Å². The van der Waals surface area contributed by atoms with Crippen LogP contribution in [0.2, 0.25) is 0 Å². The maximum Gasteiger partial charge on any atom is 0.309 e. The van der Waals surface area contributed by atoms with E-state index in [0.29, 0.717) is 31.7 Å². The first-order valence-corrected chi connectivity index (χ1v) is 5.79. The molecule has 0 aliphatic heterocycles. The zero-order chi connectivity index (χ0) is 12.1. The Morgan fingerprint density at radius 3 is 2.76 bits per heavy atom. The highest BCUT2D eigenvalue weighted by atomic mass is 16.5. The maximum atomic E-state index is 11.0. The third-order valence-corrected chi connectivity index (χ3v) is 3.93. The molecule has 5 heteroatoms. The number of carboxylic acid groups (broad SMARTS) is 1. The molecule has 0 amide bonds. The van der Waals surface area contributed by atoms with E-state index in [-0.39, 0.29) is 5.41 Å². The molecule has 4 rings (SSSR count). The van der Waals surface area contributed by atoms with E-state index in [2.05, 4.69) is 9.97 Å². The van der Waals surface area contributed by atoms with Gasteiger partial charge in [0.1, 0.15) is 0 Å². The Bertz CT molecular complexity index is 467. The van der Waals surface area contributed by atoms with E-state index >= 15 is 0 Å². The fourth-order valence-electron chi connectivity index (χ4n) is 3.11. The normalized spacial score (nSPS) is 33.5. The van der Waals surface area contributed by atoms with E-state index in [1.54, 1.807) is 12.4 Å². The largest absolute Gasteiger partial charge is 0.481 e. The third-order valence-electron chi connectivity index (χ3n) is 3.93. The molecule has 3 aliphatic carbocycles. The molecule has 90 valence electrons. The van der Waals surface area contributed by atoms with E-state index in [0.717, 1.165) is 5.69 Å². The summed E-state index contributed by atoms with van der Waals surface area (Å²) in [7, 11) is 0. The van der Waals surface area contributed by atoms with Crippen LogP contribution in [0, 0.1) is 5.41 Å². The monoisotopic (exact) mass is 234 g/mol. The molecular formula is C12H14N2O3. The zero-order valence-corrected chi connectivity index (χ0v) is 9.64. The first-order chi connectivity index (χ1) is 8.10. The summed E-state index contributed by atoms with van der Waals surface area (Å²) in [5.74, 6) is -0.146.